The van der Waals surface area contributed by atoms with Crippen molar-refractivity contribution < 1.29 is 38.5 Å². The Labute approximate surface area is 218 Å². The maximum atomic E-state index is 13.5. The molecule has 1 aliphatic heterocycles. The molecule has 2 fully saturated rings. The van der Waals surface area contributed by atoms with Crippen molar-refractivity contribution in [2.24, 2.45) is 5.92 Å². The van der Waals surface area contributed by atoms with Gasteiger partial charge in [0.2, 0.25) is 11.8 Å². The summed E-state index contributed by atoms with van der Waals surface area (Å²) in [5, 5.41) is 15.6. The third-order valence-corrected chi connectivity index (χ3v) is 6.09. The van der Waals surface area contributed by atoms with Gasteiger partial charge in [0.15, 0.2) is 0 Å². The number of alkyl carbamates (subject to hydrolysis) is 1. The lowest BCUT2D eigenvalue weighted by atomic mass is 10.1. The van der Waals surface area contributed by atoms with E-state index in [1.165, 1.54) is 11.2 Å². The number of nitrogens with zero attached hydrogens (tertiary/aromatic N) is 1. The number of aliphatic hydroxyl groups is 1. The molecule has 0 aromatic rings. The van der Waals surface area contributed by atoms with Crippen LogP contribution < -0.4 is 10.6 Å². The highest BCUT2D eigenvalue weighted by Crippen LogP contribution is 2.45. The Kier molecular flexibility index (Phi) is 10.5. The molecule has 1 heterocycles. The Morgan fingerprint density at radius 2 is 1.95 bits per heavy atom. The largest absolute Gasteiger partial charge is 0.501 e. The molecule has 11 nitrogen and oxygen atoms in total. The van der Waals surface area contributed by atoms with Crippen LogP contribution in [0.4, 0.5) is 4.79 Å². The van der Waals surface area contributed by atoms with Crippen molar-refractivity contribution in [3.05, 3.63) is 25.0 Å². The van der Waals surface area contributed by atoms with Gasteiger partial charge in [0.25, 0.3) is 0 Å². The first kappa shape index (κ1) is 30.1. The van der Waals surface area contributed by atoms with Gasteiger partial charge < -0.3 is 34.9 Å². The molecule has 3 amide bonds. The SMILES string of the molecule is C=C[C@@H]1C[C@]1(NC(=O)[C@@H]1C[C@@H](O)CN1C(=O)[C@H](CCOC=CCC)NC(=O)OC(C)(C)C)C(=O)OCC. The van der Waals surface area contributed by atoms with Gasteiger partial charge in [-0.3, -0.25) is 9.59 Å². The van der Waals surface area contributed by atoms with Gasteiger partial charge in [0, 0.05) is 25.3 Å². The van der Waals surface area contributed by atoms with Crippen molar-refractivity contribution in [3.8, 4) is 0 Å². The first-order chi connectivity index (χ1) is 17.4. The van der Waals surface area contributed by atoms with Crippen LogP contribution in [0.25, 0.3) is 0 Å². The Balaban J connectivity index is 2.19. The second kappa shape index (κ2) is 12.9. The number of carbonyl (C=O) groups is 4. The van der Waals surface area contributed by atoms with Crippen molar-refractivity contribution in [2.45, 2.75) is 89.6 Å². The summed E-state index contributed by atoms with van der Waals surface area (Å²) < 4.78 is 15.9. The fourth-order valence-electron chi connectivity index (χ4n) is 4.20. The Morgan fingerprint density at radius 1 is 1.24 bits per heavy atom. The number of nitrogens with one attached hydrogen (secondary N) is 2. The van der Waals surface area contributed by atoms with Crippen LogP contribution in [0.1, 0.15) is 60.3 Å². The number of aliphatic hydroxyl groups excluding tert-OH is 1. The van der Waals surface area contributed by atoms with Gasteiger partial charge in [-0.25, -0.2) is 9.59 Å². The first-order valence-corrected chi connectivity index (χ1v) is 12.7. The average Bonchev–Trinajstić information content (AvgIpc) is 3.39. The predicted molar refractivity (Wildman–Crippen MR) is 135 cm³/mol. The number of ether oxygens (including phenoxy) is 3. The van der Waals surface area contributed by atoms with Crippen molar-refractivity contribution in [1.29, 1.82) is 0 Å². The van der Waals surface area contributed by atoms with E-state index in [4.69, 9.17) is 14.2 Å². The van der Waals surface area contributed by atoms with Crippen LogP contribution in [-0.2, 0) is 28.6 Å². The average molecular weight is 524 g/mol. The molecule has 1 saturated carbocycles. The van der Waals surface area contributed by atoms with Crippen molar-refractivity contribution in [2.75, 3.05) is 19.8 Å². The fraction of sp³-hybridized carbons (Fsp3) is 0.692. The molecule has 2 aliphatic rings. The van der Waals surface area contributed by atoms with Crippen LogP contribution in [-0.4, -0.2) is 83.0 Å². The summed E-state index contributed by atoms with van der Waals surface area (Å²) in [6.07, 6.45) is 4.40. The second-order valence-corrected chi connectivity index (χ2v) is 10.3. The van der Waals surface area contributed by atoms with E-state index in [2.05, 4.69) is 17.2 Å². The topological polar surface area (TPSA) is 144 Å². The van der Waals surface area contributed by atoms with Gasteiger partial charge in [-0.2, -0.15) is 0 Å². The number of likely N-dealkylation sites (tertiary alicyclic amines) is 1. The Bertz CT molecular complexity index is 884. The highest BCUT2D eigenvalue weighted by molar-refractivity contribution is 5.96. The zero-order valence-electron chi connectivity index (χ0n) is 22.5. The quantitative estimate of drug-likeness (QED) is 0.152. The highest BCUT2D eigenvalue weighted by atomic mass is 16.6. The standard InChI is InChI=1S/C26H41N3O8/c1-7-10-12-35-13-11-19(27-24(34)37-25(4,5)6)22(32)29-16-18(30)14-20(29)21(31)28-26(15-17(26)8-2)23(33)36-9-3/h8,10,12,17-20,30H,2,7,9,11,13-16H2,1,3-6H3,(H,27,34)(H,28,31)/t17-,18-,19+,20+,26-/m1/s1. The minimum absolute atomic E-state index is 0.00979. The summed E-state index contributed by atoms with van der Waals surface area (Å²) in [6.45, 7) is 12.6. The number of rotatable bonds is 12. The minimum Gasteiger partial charge on any atom is -0.501 e. The fourth-order valence-corrected chi connectivity index (χ4v) is 4.20. The number of hydrogen-bond donors (Lipinski definition) is 3. The Hall–Kier alpha value is -3.08. The summed E-state index contributed by atoms with van der Waals surface area (Å²) in [5.74, 6) is -2.00. The van der Waals surface area contributed by atoms with E-state index in [0.717, 1.165) is 6.42 Å². The summed E-state index contributed by atoms with van der Waals surface area (Å²) in [4.78, 5) is 53.1. The monoisotopic (exact) mass is 523 g/mol. The molecule has 2 rings (SSSR count). The molecule has 0 radical (unpaired) electrons. The van der Waals surface area contributed by atoms with Crippen LogP contribution in [0.15, 0.2) is 25.0 Å². The molecule has 3 N–H and O–H groups in total. The third-order valence-electron chi connectivity index (χ3n) is 6.09. The van der Waals surface area contributed by atoms with E-state index in [-0.39, 0.29) is 38.5 Å². The first-order valence-electron chi connectivity index (χ1n) is 12.7. The maximum Gasteiger partial charge on any atom is 0.408 e. The van der Waals surface area contributed by atoms with Crippen molar-refractivity contribution >= 4 is 23.9 Å². The van der Waals surface area contributed by atoms with Crippen LogP contribution >= 0.6 is 0 Å². The zero-order valence-corrected chi connectivity index (χ0v) is 22.5. The van der Waals surface area contributed by atoms with Crippen LogP contribution in [0, 0.1) is 5.92 Å². The van der Waals surface area contributed by atoms with E-state index >= 15 is 0 Å². The summed E-state index contributed by atoms with van der Waals surface area (Å²) in [7, 11) is 0. The van der Waals surface area contributed by atoms with Gasteiger partial charge in [0.1, 0.15) is 23.2 Å². The molecular formula is C26H41N3O8. The molecule has 5 atom stereocenters. The highest BCUT2D eigenvalue weighted by Gasteiger charge is 2.62. The number of allylic oxidation sites excluding steroid dienone is 1. The second-order valence-electron chi connectivity index (χ2n) is 10.3. The van der Waals surface area contributed by atoms with Gasteiger partial charge in [-0.05, 0) is 40.5 Å². The predicted octanol–water partition coefficient (Wildman–Crippen LogP) is 1.80. The molecule has 208 valence electrons. The molecule has 1 saturated heterocycles. The molecule has 0 aromatic carbocycles. The molecule has 0 spiro atoms. The van der Waals surface area contributed by atoms with E-state index in [1.807, 2.05) is 13.0 Å². The van der Waals surface area contributed by atoms with Gasteiger partial charge in [-0.15, -0.1) is 6.58 Å². The van der Waals surface area contributed by atoms with E-state index in [0.29, 0.717) is 6.42 Å². The van der Waals surface area contributed by atoms with E-state index in [1.54, 1.807) is 33.8 Å². The zero-order chi connectivity index (χ0) is 27.8. The lowest BCUT2D eigenvalue weighted by molar-refractivity contribution is -0.150. The maximum absolute atomic E-state index is 13.5. The molecule has 0 bridgehead atoms. The smallest absolute Gasteiger partial charge is 0.408 e. The molecule has 0 unspecified atom stereocenters. The van der Waals surface area contributed by atoms with Crippen LogP contribution in [0.5, 0.6) is 0 Å². The third kappa shape index (κ3) is 8.21. The van der Waals surface area contributed by atoms with Crippen molar-refractivity contribution in [1.82, 2.24) is 15.5 Å². The van der Waals surface area contributed by atoms with Crippen LogP contribution in [0.2, 0.25) is 0 Å². The molecule has 11 heteroatoms. The molecule has 1 aliphatic carbocycles. The summed E-state index contributed by atoms with van der Waals surface area (Å²) in [5.41, 5.74) is -2.01. The van der Waals surface area contributed by atoms with E-state index < -0.39 is 53.2 Å². The molecule has 0 aromatic heterocycles. The number of β-amino-alcohol motifs (C(OH)–C–C–N with tert-alkyl or cyclic N) is 1. The number of carbonyl (C=O) groups excluding carboxylic acids is 4. The number of hydrogen-bond acceptors (Lipinski definition) is 8. The van der Waals surface area contributed by atoms with Gasteiger partial charge >= 0.3 is 12.1 Å². The number of esters is 1. The van der Waals surface area contributed by atoms with Gasteiger partial charge in [0.05, 0.1) is 25.6 Å². The number of amides is 3. The Morgan fingerprint density at radius 3 is 2.51 bits per heavy atom. The normalized spacial score (nSPS) is 25.8. The van der Waals surface area contributed by atoms with Crippen LogP contribution in [0.3, 0.4) is 0 Å². The summed E-state index contributed by atoms with van der Waals surface area (Å²) >= 11 is 0. The van der Waals surface area contributed by atoms with Gasteiger partial charge in [-0.1, -0.05) is 19.1 Å². The van der Waals surface area contributed by atoms with Crippen molar-refractivity contribution in [3.63, 3.8) is 0 Å². The lowest BCUT2D eigenvalue weighted by Gasteiger charge is -2.30. The minimum atomic E-state index is -1.23. The molecule has 37 heavy (non-hydrogen) atoms. The summed E-state index contributed by atoms with van der Waals surface area (Å²) in [6, 6.07) is -2.10. The molecular weight excluding hydrogens is 482 g/mol. The van der Waals surface area contributed by atoms with E-state index in [9.17, 15) is 24.3 Å². The lowest BCUT2D eigenvalue weighted by Crippen LogP contribution is -2.57.